The Labute approximate surface area is 100 Å². The maximum absolute atomic E-state index is 12.3. The van der Waals surface area contributed by atoms with E-state index in [1.807, 2.05) is 37.1 Å². The molecule has 1 fully saturated rings. The van der Waals surface area contributed by atoms with Crippen LogP contribution in [0.3, 0.4) is 0 Å². The van der Waals surface area contributed by atoms with E-state index in [-0.39, 0.29) is 18.1 Å². The predicted octanol–water partition coefficient (Wildman–Crippen LogP) is 2.31. The Morgan fingerprint density at radius 3 is 2.94 bits per heavy atom. The fourth-order valence-electron chi connectivity index (χ4n) is 1.91. The lowest BCUT2D eigenvalue weighted by Gasteiger charge is -2.36. The van der Waals surface area contributed by atoms with Crippen LogP contribution in [-0.2, 0) is 4.74 Å². The summed E-state index contributed by atoms with van der Waals surface area (Å²) in [7, 11) is 0. The fourth-order valence-corrected chi connectivity index (χ4v) is 2.79. The summed E-state index contributed by atoms with van der Waals surface area (Å²) in [4.78, 5) is 15.1. The van der Waals surface area contributed by atoms with Crippen molar-refractivity contribution in [3.8, 4) is 0 Å². The number of amides is 1. The smallest absolute Gasteiger partial charge is 0.264 e. The van der Waals surface area contributed by atoms with Crippen molar-refractivity contribution in [3.05, 3.63) is 21.9 Å². The molecule has 2 heterocycles. The first kappa shape index (κ1) is 11.6. The lowest BCUT2D eigenvalue weighted by Crippen LogP contribution is -2.50. The number of carbonyl (C=O) groups is 1. The van der Waals surface area contributed by atoms with Crippen molar-refractivity contribution in [1.29, 1.82) is 0 Å². The van der Waals surface area contributed by atoms with Crippen molar-refractivity contribution in [2.24, 2.45) is 0 Å². The molecule has 2 atom stereocenters. The highest BCUT2D eigenvalue weighted by molar-refractivity contribution is 7.12. The van der Waals surface area contributed by atoms with Crippen molar-refractivity contribution < 1.29 is 9.53 Å². The van der Waals surface area contributed by atoms with Gasteiger partial charge in [-0.05, 0) is 37.8 Å². The van der Waals surface area contributed by atoms with Crippen LogP contribution in [0.4, 0.5) is 0 Å². The van der Waals surface area contributed by atoms with Gasteiger partial charge in [0.1, 0.15) is 0 Å². The molecule has 0 bridgehead atoms. The predicted molar refractivity (Wildman–Crippen MR) is 65.0 cm³/mol. The third-order valence-corrected chi connectivity index (χ3v) is 3.93. The van der Waals surface area contributed by atoms with E-state index in [0.29, 0.717) is 13.2 Å². The molecule has 1 aromatic rings. The standard InChI is InChI=1S/C12H17NO2S/c1-8-4-5-16-11(8)12(14)13-6-10(3)15-7-9(13)2/h4-5,9-10H,6-7H2,1-3H3/t9-,10-/m1/s1. The van der Waals surface area contributed by atoms with Gasteiger partial charge in [-0.2, -0.15) is 0 Å². The van der Waals surface area contributed by atoms with Crippen molar-refractivity contribution in [2.75, 3.05) is 13.2 Å². The molecule has 3 nitrogen and oxygen atoms in total. The summed E-state index contributed by atoms with van der Waals surface area (Å²) >= 11 is 1.52. The van der Waals surface area contributed by atoms with E-state index in [4.69, 9.17) is 4.74 Å². The van der Waals surface area contributed by atoms with Gasteiger partial charge in [-0.3, -0.25) is 4.79 Å². The number of hydrogen-bond donors (Lipinski definition) is 0. The zero-order valence-corrected chi connectivity index (χ0v) is 10.7. The number of carbonyl (C=O) groups excluding carboxylic acids is 1. The molecule has 2 rings (SSSR count). The number of ether oxygens (including phenoxy) is 1. The molecular weight excluding hydrogens is 222 g/mol. The number of thiophene rings is 1. The fraction of sp³-hybridized carbons (Fsp3) is 0.583. The third kappa shape index (κ3) is 2.13. The van der Waals surface area contributed by atoms with E-state index in [1.165, 1.54) is 11.3 Å². The minimum Gasteiger partial charge on any atom is -0.375 e. The zero-order valence-electron chi connectivity index (χ0n) is 9.90. The Morgan fingerprint density at radius 1 is 1.56 bits per heavy atom. The summed E-state index contributed by atoms with van der Waals surface area (Å²) in [5.41, 5.74) is 1.07. The second kappa shape index (κ2) is 4.55. The van der Waals surface area contributed by atoms with Crippen LogP contribution in [-0.4, -0.2) is 36.1 Å². The van der Waals surface area contributed by atoms with Crippen molar-refractivity contribution in [1.82, 2.24) is 4.90 Å². The molecule has 0 spiro atoms. The highest BCUT2D eigenvalue weighted by Crippen LogP contribution is 2.21. The van der Waals surface area contributed by atoms with E-state index in [9.17, 15) is 4.79 Å². The lowest BCUT2D eigenvalue weighted by atomic mass is 10.2. The normalized spacial score (nSPS) is 25.8. The summed E-state index contributed by atoms with van der Waals surface area (Å²) in [6.07, 6.45) is 0.139. The summed E-state index contributed by atoms with van der Waals surface area (Å²) < 4.78 is 5.53. The maximum atomic E-state index is 12.3. The molecule has 88 valence electrons. The van der Waals surface area contributed by atoms with E-state index in [2.05, 4.69) is 0 Å². The first-order chi connectivity index (χ1) is 7.59. The molecule has 1 saturated heterocycles. The molecule has 1 aromatic heterocycles. The molecule has 0 aromatic carbocycles. The minimum atomic E-state index is 0.139. The van der Waals surface area contributed by atoms with Crippen LogP contribution in [0.25, 0.3) is 0 Å². The Morgan fingerprint density at radius 2 is 2.31 bits per heavy atom. The third-order valence-electron chi connectivity index (χ3n) is 2.93. The largest absolute Gasteiger partial charge is 0.375 e. The second-order valence-electron chi connectivity index (χ2n) is 4.38. The molecule has 16 heavy (non-hydrogen) atoms. The molecule has 0 N–H and O–H groups in total. The van der Waals surface area contributed by atoms with Gasteiger partial charge in [0.05, 0.1) is 23.6 Å². The molecule has 0 radical (unpaired) electrons. The highest BCUT2D eigenvalue weighted by Gasteiger charge is 2.29. The van der Waals surface area contributed by atoms with Crippen LogP contribution >= 0.6 is 11.3 Å². The summed E-state index contributed by atoms with van der Waals surface area (Å²) in [6.45, 7) is 7.35. The van der Waals surface area contributed by atoms with Crippen LogP contribution in [0.2, 0.25) is 0 Å². The number of hydrogen-bond acceptors (Lipinski definition) is 3. The Kier molecular flexibility index (Phi) is 3.30. The van der Waals surface area contributed by atoms with Gasteiger partial charge in [-0.15, -0.1) is 11.3 Å². The Bertz CT molecular complexity index is 388. The van der Waals surface area contributed by atoms with Gasteiger partial charge < -0.3 is 9.64 Å². The monoisotopic (exact) mass is 239 g/mol. The molecule has 0 saturated carbocycles. The van der Waals surface area contributed by atoms with Gasteiger partial charge in [-0.25, -0.2) is 0 Å². The SMILES string of the molecule is Cc1ccsc1C(=O)N1C[C@@H](C)OC[C@H]1C. The molecule has 1 aliphatic rings. The molecule has 4 heteroatoms. The number of aryl methyl sites for hydroxylation is 1. The summed E-state index contributed by atoms with van der Waals surface area (Å²) in [6, 6.07) is 2.16. The summed E-state index contributed by atoms with van der Waals surface area (Å²) in [5, 5.41) is 1.97. The van der Waals surface area contributed by atoms with Crippen molar-refractivity contribution >= 4 is 17.2 Å². The second-order valence-corrected chi connectivity index (χ2v) is 5.30. The zero-order chi connectivity index (χ0) is 11.7. The minimum absolute atomic E-state index is 0.139. The van der Waals surface area contributed by atoms with Crippen LogP contribution < -0.4 is 0 Å². The van der Waals surface area contributed by atoms with E-state index < -0.39 is 0 Å². The topological polar surface area (TPSA) is 29.5 Å². The Hall–Kier alpha value is -0.870. The van der Waals surface area contributed by atoms with E-state index in [1.54, 1.807) is 0 Å². The maximum Gasteiger partial charge on any atom is 0.264 e. The molecule has 1 amide bonds. The Balaban J connectivity index is 2.18. The average Bonchev–Trinajstić information content (AvgIpc) is 2.67. The lowest BCUT2D eigenvalue weighted by molar-refractivity contribution is -0.0385. The van der Waals surface area contributed by atoms with Gasteiger partial charge in [-0.1, -0.05) is 0 Å². The summed E-state index contributed by atoms with van der Waals surface area (Å²) in [5.74, 6) is 0.148. The van der Waals surface area contributed by atoms with Crippen LogP contribution in [0.5, 0.6) is 0 Å². The van der Waals surface area contributed by atoms with Gasteiger partial charge >= 0.3 is 0 Å². The first-order valence-electron chi connectivity index (χ1n) is 5.56. The van der Waals surface area contributed by atoms with Crippen molar-refractivity contribution in [3.63, 3.8) is 0 Å². The number of morpholine rings is 1. The number of nitrogens with zero attached hydrogens (tertiary/aromatic N) is 1. The number of rotatable bonds is 1. The van der Waals surface area contributed by atoms with Gasteiger partial charge in [0.25, 0.3) is 5.91 Å². The van der Waals surface area contributed by atoms with Gasteiger partial charge in [0, 0.05) is 6.54 Å². The molecule has 1 aliphatic heterocycles. The van der Waals surface area contributed by atoms with Crippen LogP contribution in [0.15, 0.2) is 11.4 Å². The van der Waals surface area contributed by atoms with Crippen LogP contribution in [0, 0.1) is 6.92 Å². The molecule has 0 aliphatic carbocycles. The quantitative estimate of drug-likeness (QED) is 0.752. The van der Waals surface area contributed by atoms with Crippen LogP contribution in [0.1, 0.15) is 29.1 Å². The first-order valence-corrected chi connectivity index (χ1v) is 6.44. The van der Waals surface area contributed by atoms with Crippen molar-refractivity contribution in [2.45, 2.75) is 32.9 Å². The van der Waals surface area contributed by atoms with Gasteiger partial charge in [0.2, 0.25) is 0 Å². The average molecular weight is 239 g/mol. The van der Waals surface area contributed by atoms with E-state index in [0.717, 1.165) is 10.4 Å². The molecular formula is C12H17NO2S. The highest BCUT2D eigenvalue weighted by atomic mass is 32.1. The van der Waals surface area contributed by atoms with Gasteiger partial charge in [0.15, 0.2) is 0 Å². The molecule has 0 unspecified atom stereocenters. The van der Waals surface area contributed by atoms with E-state index >= 15 is 0 Å².